The normalized spacial score (nSPS) is 11.2. The van der Waals surface area contributed by atoms with Crippen molar-refractivity contribution in [3.05, 3.63) is 52.3 Å². The molecule has 1 aromatic carbocycles. The summed E-state index contributed by atoms with van der Waals surface area (Å²) < 4.78 is 39.8. The molecule has 0 saturated heterocycles. The van der Waals surface area contributed by atoms with Gasteiger partial charge in [0, 0.05) is 5.69 Å². The smallest absolute Gasteiger partial charge is 0.477 e. The molecule has 0 aliphatic carbocycles. The van der Waals surface area contributed by atoms with Crippen LogP contribution in [0.3, 0.4) is 0 Å². The summed E-state index contributed by atoms with van der Waals surface area (Å²) in [7, 11) is 0. The number of benzene rings is 1. The monoisotopic (exact) mass is 299 g/mol. The highest BCUT2D eigenvalue weighted by atomic mass is 19.4. The zero-order chi connectivity index (χ0) is 15.6. The average Bonchev–Trinajstić information content (AvgIpc) is 2.37. The summed E-state index contributed by atoms with van der Waals surface area (Å²) >= 11 is 0. The van der Waals surface area contributed by atoms with Crippen molar-refractivity contribution in [2.45, 2.75) is 6.36 Å². The number of carbonyl (C=O) groups is 1. The van der Waals surface area contributed by atoms with Gasteiger partial charge in [0.15, 0.2) is 0 Å². The number of ether oxygens (including phenoxy) is 1. The Labute approximate surface area is 115 Å². The van der Waals surface area contributed by atoms with E-state index in [-0.39, 0.29) is 5.69 Å². The molecule has 0 aliphatic rings. The number of halogens is 3. The van der Waals surface area contributed by atoms with Crippen LogP contribution in [0.15, 0.2) is 41.2 Å². The maximum atomic E-state index is 12.0. The summed E-state index contributed by atoms with van der Waals surface area (Å²) in [6.45, 7) is 0. The van der Waals surface area contributed by atoms with Crippen LogP contribution in [0.25, 0.3) is 11.3 Å². The Morgan fingerprint density at radius 2 is 1.71 bits per heavy atom. The van der Waals surface area contributed by atoms with E-state index in [0.717, 1.165) is 18.2 Å². The number of carboxylic acids is 1. The number of pyridine rings is 1. The van der Waals surface area contributed by atoms with E-state index in [1.54, 1.807) is 0 Å². The largest absolute Gasteiger partial charge is 0.573 e. The molecule has 0 unspecified atom stereocenters. The number of nitrogens with one attached hydrogen (secondary N) is 1. The SMILES string of the molecule is O=C(O)c1ccc(-c2ccc(OC(F)(F)F)cc2)[nH]c1=O. The number of aromatic amines is 1. The van der Waals surface area contributed by atoms with Crippen LogP contribution in [0.2, 0.25) is 0 Å². The molecule has 5 nitrogen and oxygen atoms in total. The van der Waals surface area contributed by atoms with Crippen LogP contribution in [0, 0.1) is 0 Å². The third kappa shape index (κ3) is 3.62. The van der Waals surface area contributed by atoms with Crippen molar-refractivity contribution >= 4 is 5.97 Å². The standard InChI is InChI=1S/C13H8F3NO4/c14-13(15,16)21-8-3-1-7(2-4-8)10-6-5-9(12(19)20)11(18)17-10/h1-6H,(H,17,18)(H,19,20). The van der Waals surface area contributed by atoms with Crippen LogP contribution in [0.5, 0.6) is 5.75 Å². The first-order valence-corrected chi connectivity index (χ1v) is 5.59. The molecule has 0 amide bonds. The fraction of sp³-hybridized carbons (Fsp3) is 0.0769. The second-order valence-corrected chi connectivity index (χ2v) is 3.99. The molecular weight excluding hydrogens is 291 g/mol. The average molecular weight is 299 g/mol. The predicted octanol–water partition coefficient (Wildman–Crippen LogP) is 2.64. The zero-order valence-electron chi connectivity index (χ0n) is 10.3. The number of hydrogen-bond donors (Lipinski definition) is 2. The summed E-state index contributed by atoms with van der Waals surface area (Å²) in [6, 6.07) is 7.28. The van der Waals surface area contributed by atoms with E-state index >= 15 is 0 Å². The topological polar surface area (TPSA) is 79.4 Å². The van der Waals surface area contributed by atoms with Crippen molar-refractivity contribution in [2.24, 2.45) is 0 Å². The van der Waals surface area contributed by atoms with Gasteiger partial charge in [-0.3, -0.25) is 4.79 Å². The highest BCUT2D eigenvalue weighted by Gasteiger charge is 2.30. The van der Waals surface area contributed by atoms with Gasteiger partial charge in [0.1, 0.15) is 11.3 Å². The number of hydrogen-bond acceptors (Lipinski definition) is 3. The number of H-pyrrole nitrogens is 1. The molecule has 0 radical (unpaired) electrons. The minimum atomic E-state index is -4.78. The van der Waals surface area contributed by atoms with Gasteiger partial charge in [-0.15, -0.1) is 13.2 Å². The number of carboxylic acid groups (broad SMARTS) is 1. The molecule has 0 aliphatic heterocycles. The molecule has 2 rings (SSSR count). The summed E-state index contributed by atoms with van der Waals surface area (Å²) in [5, 5.41) is 8.73. The molecule has 1 heterocycles. The molecule has 2 N–H and O–H groups in total. The molecule has 0 spiro atoms. The first kappa shape index (κ1) is 14.6. The number of aromatic nitrogens is 1. The Kier molecular flexibility index (Phi) is 3.70. The summed E-state index contributed by atoms with van der Waals surface area (Å²) in [5.74, 6) is -1.76. The van der Waals surface area contributed by atoms with Crippen molar-refractivity contribution in [3.63, 3.8) is 0 Å². The van der Waals surface area contributed by atoms with Crippen LogP contribution in [-0.2, 0) is 0 Å². The Balaban J connectivity index is 2.29. The molecule has 8 heteroatoms. The fourth-order valence-corrected chi connectivity index (χ4v) is 1.65. The minimum Gasteiger partial charge on any atom is -0.477 e. The van der Waals surface area contributed by atoms with Crippen molar-refractivity contribution in [2.75, 3.05) is 0 Å². The van der Waals surface area contributed by atoms with Crippen LogP contribution < -0.4 is 10.3 Å². The van der Waals surface area contributed by atoms with Gasteiger partial charge in [0.2, 0.25) is 0 Å². The van der Waals surface area contributed by atoms with Gasteiger partial charge in [-0.2, -0.15) is 0 Å². The maximum absolute atomic E-state index is 12.0. The zero-order valence-corrected chi connectivity index (χ0v) is 10.3. The molecule has 0 fully saturated rings. The summed E-state index contributed by atoms with van der Waals surface area (Å²) in [4.78, 5) is 24.5. The highest BCUT2D eigenvalue weighted by Crippen LogP contribution is 2.25. The van der Waals surface area contributed by atoms with E-state index in [1.165, 1.54) is 18.2 Å². The second-order valence-electron chi connectivity index (χ2n) is 3.99. The van der Waals surface area contributed by atoms with Gasteiger partial charge in [0.25, 0.3) is 5.56 Å². The quantitative estimate of drug-likeness (QED) is 0.913. The Bertz CT molecular complexity index is 719. The molecule has 0 atom stereocenters. The van der Waals surface area contributed by atoms with Crippen LogP contribution in [0.4, 0.5) is 13.2 Å². The lowest BCUT2D eigenvalue weighted by molar-refractivity contribution is -0.274. The van der Waals surface area contributed by atoms with Gasteiger partial charge in [-0.1, -0.05) is 0 Å². The van der Waals surface area contributed by atoms with Crippen LogP contribution in [0.1, 0.15) is 10.4 Å². The van der Waals surface area contributed by atoms with E-state index in [9.17, 15) is 22.8 Å². The maximum Gasteiger partial charge on any atom is 0.573 e. The first-order valence-electron chi connectivity index (χ1n) is 5.59. The van der Waals surface area contributed by atoms with Gasteiger partial charge in [0.05, 0.1) is 0 Å². The molecule has 2 aromatic rings. The third-order valence-corrected chi connectivity index (χ3v) is 2.54. The van der Waals surface area contributed by atoms with Crippen LogP contribution >= 0.6 is 0 Å². The summed E-state index contributed by atoms with van der Waals surface area (Å²) in [5.41, 5.74) is -0.520. The number of alkyl halides is 3. The van der Waals surface area contributed by atoms with E-state index in [2.05, 4.69) is 9.72 Å². The van der Waals surface area contributed by atoms with Crippen molar-refractivity contribution in [1.82, 2.24) is 4.98 Å². The van der Waals surface area contributed by atoms with Gasteiger partial charge in [-0.25, -0.2) is 4.79 Å². The lowest BCUT2D eigenvalue weighted by atomic mass is 10.1. The van der Waals surface area contributed by atoms with Gasteiger partial charge in [-0.05, 0) is 42.0 Å². The fourth-order valence-electron chi connectivity index (χ4n) is 1.65. The van der Waals surface area contributed by atoms with Gasteiger partial charge < -0.3 is 14.8 Å². The Morgan fingerprint density at radius 1 is 1.10 bits per heavy atom. The Morgan fingerprint density at radius 3 is 2.19 bits per heavy atom. The first-order chi connectivity index (χ1) is 9.76. The van der Waals surface area contributed by atoms with E-state index in [0.29, 0.717) is 5.56 Å². The molecule has 0 saturated carbocycles. The molecule has 21 heavy (non-hydrogen) atoms. The van der Waals surface area contributed by atoms with Gasteiger partial charge >= 0.3 is 12.3 Å². The molecular formula is C13H8F3NO4. The third-order valence-electron chi connectivity index (χ3n) is 2.54. The number of rotatable bonds is 3. The van der Waals surface area contributed by atoms with E-state index in [1.807, 2.05) is 0 Å². The number of aromatic carboxylic acids is 1. The van der Waals surface area contributed by atoms with E-state index in [4.69, 9.17) is 5.11 Å². The molecule has 110 valence electrons. The molecule has 0 bridgehead atoms. The highest BCUT2D eigenvalue weighted by molar-refractivity contribution is 5.87. The summed E-state index contributed by atoms with van der Waals surface area (Å²) in [6.07, 6.45) is -4.78. The molecule has 1 aromatic heterocycles. The van der Waals surface area contributed by atoms with Crippen molar-refractivity contribution in [1.29, 1.82) is 0 Å². The lowest BCUT2D eigenvalue weighted by Gasteiger charge is -2.09. The van der Waals surface area contributed by atoms with Crippen molar-refractivity contribution < 1.29 is 27.8 Å². The van der Waals surface area contributed by atoms with Crippen LogP contribution in [-0.4, -0.2) is 22.4 Å². The lowest BCUT2D eigenvalue weighted by Crippen LogP contribution is -2.17. The van der Waals surface area contributed by atoms with E-state index < -0.39 is 29.2 Å². The predicted molar refractivity (Wildman–Crippen MR) is 66.1 cm³/mol. The minimum absolute atomic E-state index is 0.281. The second kappa shape index (κ2) is 5.31. The van der Waals surface area contributed by atoms with Crippen molar-refractivity contribution in [3.8, 4) is 17.0 Å². The Hall–Kier alpha value is -2.77.